The molecule has 0 unspecified atom stereocenters. The SMILES string of the molecule is Cc1ccc(Sc2ccccc2N2CC[N+]3(CCCC3)CC2)c(C)c1. The number of aryl methyl sites for hydroxylation is 2. The van der Waals surface area contributed by atoms with Crippen LogP contribution in [0.4, 0.5) is 5.69 Å². The maximum Gasteiger partial charge on any atom is 0.0965 e. The van der Waals surface area contributed by atoms with Gasteiger partial charge >= 0.3 is 0 Å². The molecule has 0 bridgehead atoms. The molecule has 2 nitrogen and oxygen atoms in total. The van der Waals surface area contributed by atoms with Crippen molar-refractivity contribution in [3.05, 3.63) is 53.6 Å². The van der Waals surface area contributed by atoms with Crippen LogP contribution in [-0.2, 0) is 0 Å². The van der Waals surface area contributed by atoms with Crippen LogP contribution < -0.4 is 4.90 Å². The van der Waals surface area contributed by atoms with E-state index >= 15 is 0 Å². The van der Waals surface area contributed by atoms with E-state index in [0.29, 0.717) is 0 Å². The van der Waals surface area contributed by atoms with E-state index in [1.165, 1.54) is 83.2 Å². The van der Waals surface area contributed by atoms with Crippen LogP contribution in [0.25, 0.3) is 0 Å². The molecular weight excluding hydrogens is 324 g/mol. The van der Waals surface area contributed by atoms with E-state index in [1.807, 2.05) is 11.8 Å². The summed E-state index contributed by atoms with van der Waals surface area (Å²) in [5.74, 6) is 0. The minimum Gasteiger partial charge on any atom is -0.359 e. The molecule has 2 aromatic carbocycles. The van der Waals surface area contributed by atoms with E-state index in [-0.39, 0.29) is 0 Å². The zero-order valence-corrected chi connectivity index (χ0v) is 16.3. The highest BCUT2D eigenvalue weighted by atomic mass is 32.2. The van der Waals surface area contributed by atoms with Crippen molar-refractivity contribution in [2.45, 2.75) is 36.5 Å². The number of anilines is 1. The molecule has 0 saturated carbocycles. The van der Waals surface area contributed by atoms with Crippen LogP contribution in [0.15, 0.2) is 52.3 Å². The Morgan fingerprint density at radius 1 is 0.840 bits per heavy atom. The van der Waals surface area contributed by atoms with Crippen molar-refractivity contribution in [2.75, 3.05) is 44.2 Å². The van der Waals surface area contributed by atoms with Crippen molar-refractivity contribution in [1.29, 1.82) is 0 Å². The van der Waals surface area contributed by atoms with Crippen molar-refractivity contribution in [3.63, 3.8) is 0 Å². The minimum atomic E-state index is 1.20. The summed E-state index contributed by atoms with van der Waals surface area (Å²) >= 11 is 1.92. The van der Waals surface area contributed by atoms with E-state index in [4.69, 9.17) is 0 Å². The summed E-state index contributed by atoms with van der Waals surface area (Å²) in [7, 11) is 0. The van der Waals surface area contributed by atoms with Crippen LogP contribution in [0.3, 0.4) is 0 Å². The largest absolute Gasteiger partial charge is 0.359 e. The average molecular weight is 354 g/mol. The lowest BCUT2D eigenvalue weighted by Gasteiger charge is -2.43. The second kappa shape index (κ2) is 7.05. The van der Waals surface area contributed by atoms with E-state index in [9.17, 15) is 0 Å². The molecule has 25 heavy (non-hydrogen) atoms. The summed E-state index contributed by atoms with van der Waals surface area (Å²) in [5.41, 5.74) is 4.13. The predicted molar refractivity (Wildman–Crippen MR) is 108 cm³/mol. The second-order valence-electron chi connectivity index (χ2n) is 7.77. The highest BCUT2D eigenvalue weighted by Gasteiger charge is 2.36. The topological polar surface area (TPSA) is 3.24 Å². The summed E-state index contributed by atoms with van der Waals surface area (Å²) in [4.78, 5) is 5.38. The normalized spacial score (nSPS) is 19.5. The van der Waals surface area contributed by atoms with Crippen molar-refractivity contribution >= 4 is 17.4 Å². The van der Waals surface area contributed by atoms with Crippen LogP contribution in [0.1, 0.15) is 24.0 Å². The number of hydrogen-bond acceptors (Lipinski definition) is 2. The van der Waals surface area contributed by atoms with Crippen LogP contribution >= 0.6 is 11.8 Å². The monoisotopic (exact) mass is 353 g/mol. The van der Waals surface area contributed by atoms with Gasteiger partial charge in [0.2, 0.25) is 0 Å². The van der Waals surface area contributed by atoms with Gasteiger partial charge in [-0.2, -0.15) is 0 Å². The van der Waals surface area contributed by atoms with E-state index < -0.39 is 0 Å². The van der Waals surface area contributed by atoms with Gasteiger partial charge in [-0.05, 0) is 37.6 Å². The van der Waals surface area contributed by atoms with E-state index in [1.54, 1.807) is 0 Å². The first-order chi connectivity index (χ1) is 12.2. The fraction of sp³-hybridized carbons (Fsp3) is 0.455. The van der Waals surface area contributed by atoms with Crippen LogP contribution in [-0.4, -0.2) is 43.8 Å². The number of nitrogens with zero attached hydrogens (tertiary/aromatic N) is 2. The molecular formula is C22H29N2S+. The molecule has 0 aliphatic carbocycles. The van der Waals surface area contributed by atoms with Gasteiger partial charge < -0.3 is 9.38 Å². The molecule has 2 aromatic rings. The van der Waals surface area contributed by atoms with Crippen molar-refractivity contribution < 1.29 is 4.48 Å². The molecule has 2 saturated heterocycles. The molecule has 4 rings (SSSR count). The predicted octanol–water partition coefficient (Wildman–Crippen LogP) is 4.89. The molecule has 1 spiro atoms. The zero-order valence-electron chi connectivity index (χ0n) is 15.5. The molecule has 0 N–H and O–H groups in total. The first-order valence-corrected chi connectivity index (χ1v) is 10.4. The number of benzene rings is 2. The number of hydrogen-bond donors (Lipinski definition) is 0. The van der Waals surface area contributed by atoms with Crippen molar-refractivity contribution in [2.24, 2.45) is 0 Å². The Labute approximate surface area is 156 Å². The molecule has 2 fully saturated rings. The average Bonchev–Trinajstić information content (AvgIpc) is 3.07. The van der Waals surface area contributed by atoms with Crippen LogP contribution in [0.2, 0.25) is 0 Å². The van der Waals surface area contributed by atoms with Crippen molar-refractivity contribution in [3.8, 4) is 0 Å². The summed E-state index contributed by atoms with van der Waals surface area (Å²) in [6.07, 6.45) is 2.86. The maximum absolute atomic E-state index is 2.62. The summed E-state index contributed by atoms with van der Waals surface area (Å²) in [6, 6.07) is 15.7. The van der Waals surface area contributed by atoms with E-state index in [2.05, 4.69) is 61.2 Å². The first-order valence-electron chi connectivity index (χ1n) is 9.59. The van der Waals surface area contributed by atoms with Crippen LogP contribution in [0, 0.1) is 13.8 Å². The summed E-state index contributed by atoms with van der Waals surface area (Å²) in [5, 5.41) is 0. The molecule has 2 aliphatic heterocycles. The first kappa shape index (κ1) is 17.0. The lowest BCUT2D eigenvalue weighted by molar-refractivity contribution is -0.917. The quantitative estimate of drug-likeness (QED) is 0.723. The second-order valence-corrected chi connectivity index (χ2v) is 8.85. The Bertz CT molecular complexity index is 739. The number of quaternary nitrogens is 1. The molecule has 2 aliphatic rings. The standard InChI is InChI=1S/C22H29N2S/c1-18-9-10-21(19(2)17-18)25-22-8-4-3-7-20(22)23-11-15-24(16-12-23)13-5-6-14-24/h3-4,7-10,17H,5-6,11-16H2,1-2H3/q+1. The van der Waals surface area contributed by atoms with Gasteiger partial charge in [-0.25, -0.2) is 0 Å². The summed E-state index contributed by atoms with van der Waals surface area (Å²) in [6.45, 7) is 12.3. The molecule has 0 radical (unpaired) electrons. The van der Waals surface area contributed by atoms with Gasteiger partial charge in [-0.1, -0.05) is 41.6 Å². The lowest BCUT2D eigenvalue weighted by atomic mass is 10.2. The third-order valence-corrected chi connectivity index (χ3v) is 7.20. The van der Waals surface area contributed by atoms with Gasteiger partial charge in [0.05, 0.1) is 45.0 Å². The van der Waals surface area contributed by atoms with Gasteiger partial charge in [-0.3, -0.25) is 0 Å². The van der Waals surface area contributed by atoms with Crippen LogP contribution in [0.5, 0.6) is 0 Å². The van der Waals surface area contributed by atoms with Gasteiger partial charge in [0.15, 0.2) is 0 Å². The zero-order chi connectivity index (χ0) is 17.3. The van der Waals surface area contributed by atoms with Gasteiger partial charge in [0, 0.05) is 22.6 Å². The molecule has 0 aromatic heterocycles. The highest BCUT2D eigenvalue weighted by Crippen LogP contribution is 2.38. The van der Waals surface area contributed by atoms with Gasteiger partial charge in [-0.15, -0.1) is 0 Å². The Kier molecular flexibility index (Phi) is 4.79. The fourth-order valence-corrected chi connectivity index (χ4v) is 5.46. The minimum absolute atomic E-state index is 1.20. The van der Waals surface area contributed by atoms with E-state index in [0.717, 1.165) is 0 Å². The van der Waals surface area contributed by atoms with Gasteiger partial charge in [0.25, 0.3) is 0 Å². The Hall–Kier alpha value is -1.45. The Balaban J connectivity index is 1.53. The van der Waals surface area contributed by atoms with Crippen molar-refractivity contribution in [1.82, 2.24) is 0 Å². The molecule has 2 heterocycles. The molecule has 132 valence electrons. The lowest BCUT2D eigenvalue weighted by Crippen LogP contribution is -2.58. The molecule has 0 atom stereocenters. The number of para-hydroxylation sites is 1. The molecule has 0 amide bonds. The third kappa shape index (κ3) is 3.58. The maximum atomic E-state index is 2.62. The fourth-order valence-electron chi connectivity index (χ4n) is 4.42. The number of rotatable bonds is 3. The third-order valence-electron chi connectivity index (χ3n) is 5.96. The number of piperazine rings is 1. The Morgan fingerprint density at radius 2 is 1.56 bits per heavy atom. The summed E-state index contributed by atoms with van der Waals surface area (Å²) < 4.78 is 1.38. The molecule has 3 heteroatoms. The smallest absolute Gasteiger partial charge is 0.0965 e. The Morgan fingerprint density at radius 3 is 2.28 bits per heavy atom. The van der Waals surface area contributed by atoms with Gasteiger partial charge in [0.1, 0.15) is 0 Å². The highest BCUT2D eigenvalue weighted by molar-refractivity contribution is 7.99.